The highest BCUT2D eigenvalue weighted by molar-refractivity contribution is 5.66. The Bertz CT molecular complexity index is 479. The van der Waals surface area contributed by atoms with Crippen molar-refractivity contribution in [3.8, 4) is 0 Å². The minimum atomic E-state index is -1.19. The maximum absolute atomic E-state index is 13.6. The van der Waals surface area contributed by atoms with Crippen LogP contribution in [0, 0.1) is 5.82 Å². The van der Waals surface area contributed by atoms with Gasteiger partial charge >= 0.3 is 5.97 Å². The van der Waals surface area contributed by atoms with Crippen LogP contribution in [0.2, 0.25) is 0 Å². The van der Waals surface area contributed by atoms with Gasteiger partial charge in [0.1, 0.15) is 6.54 Å². The molecule has 1 N–H and O–H groups in total. The molecule has 16 heavy (non-hydrogen) atoms. The molecule has 0 amide bonds. The van der Waals surface area contributed by atoms with Gasteiger partial charge in [-0.1, -0.05) is 6.42 Å². The van der Waals surface area contributed by atoms with Crippen molar-refractivity contribution in [1.82, 2.24) is 9.55 Å². The van der Waals surface area contributed by atoms with E-state index in [1.807, 2.05) is 0 Å². The first-order valence-electron chi connectivity index (χ1n) is 5.06. The predicted octanol–water partition coefficient (Wildman–Crippen LogP) is 0.735. The highest BCUT2D eigenvalue weighted by atomic mass is 19.1. The fourth-order valence-electron chi connectivity index (χ4n) is 1.70. The Morgan fingerprint density at radius 1 is 1.62 bits per heavy atom. The van der Waals surface area contributed by atoms with E-state index >= 15 is 0 Å². The largest absolute Gasteiger partial charge is 0.480 e. The Hall–Kier alpha value is -1.72. The molecular weight excluding hydrogens is 215 g/mol. The van der Waals surface area contributed by atoms with E-state index in [9.17, 15) is 14.0 Å². The van der Waals surface area contributed by atoms with Crippen molar-refractivity contribution in [2.45, 2.75) is 31.7 Å². The molecule has 0 spiro atoms. The molecule has 1 aliphatic carbocycles. The van der Waals surface area contributed by atoms with Gasteiger partial charge in [-0.05, 0) is 12.8 Å². The average Bonchev–Trinajstić information content (AvgIpc) is 2.14. The molecule has 0 radical (unpaired) electrons. The van der Waals surface area contributed by atoms with Crippen LogP contribution < -0.4 is 5.56 Å². The van der Waals surface area contributed by atoms with Gasteiger partial charge in [0.05, 0.1) is 12.0 Å². The summed E-state index contributed by atoms with van der Waals surface area (Å²) in [6.45, 7) is -0.562. The molecule has 0 bridgehead atoms. The number of hydrogen-bond donors (Lipinski definition) is 1. The second-order valence-corrected chi connectivity index (χ2v) is 3.90. The van der Waals surface area contributed by atoms with E-state index < -0.39 is 23.9 Å². The minimum absolute atomic E-state index is 0.0205. The van der Waals surface area contributed by atoms with Gasteiger partial charge in [0, 0.05) is 5.92 Å². The molecule has 1 saturated carbocycles. The highest BCUT2D eigenvalue weighted by Gasteiger charge is 2.26. The molecule has 1 aromatic heterocycles. The summed E-state index contributed by atoms with van der Waals surface area (Å²) in [5.74, 6) is -2.08. The van der Waals surface area contributed by atoms with Gasteiger partial charge in [-0.2, -0.15) is 4.39 Å². The van der Waals surface area contributed by atoms with Crippen LogP contribution in [0.4, 0.5) is 4.39 Å². The molecule has 1 fully saturated rings. The third kappa shape index (κ3) is 1.82. The Kier molecular flexibility index (Phi) is 2.72. The molecule has 0 aliphatic heterocycles. The van der Waals surface area contributed by atoms with E-state index in [4.69, 9.17) is 5.11 Å². The zero-order valence-corrected chi connectivity index (χ0v) is 8.52. The van der Waals surface area contributed by atoms with Gasteiger partial charge < -0.3 is 5.11 Å². The summed E-state index contributed by atoms with van der Waals surface area (Å²) in [4.78, 5) is 25.7. The number of aliphatic carboxylic acids is 1. The predicted molar refractivity (Wildman–Crippen MR) is 52.7 cm³/mol. The number of carbonyl (C=O) groups is 1. The van der Waals surface area contributed by atoms with Gasteiger partial charge in [-0.3, -0.25) is 14.2 Å². The molecule has 0 unspecified atom stereocenters. The van der Waals surface area contributed by atoms with Gasteiger partial charge in [-0.15, -0.1) is 0 Å². The normalized spacial score (nSPS) is 15.8. The molecule has 1 aliphatic rings. The minimum Gasteiger partial charge on any atom is -0.480 e. The smallest absolute Gasteiger partial charge is 0.323 e. The number of carboxylic acid groups (broad SMARTS) is 1. The summed E-state index contributed by atoms with van der Waals surface area (Å²) in [7, 11) is 0. The van der Waals surface area contributed by atoms with Crippen LogP contribution in [-0.4, -0.2) is 20.6 Å². The molecule has 1 aromatic rings. The van der Waals surface area contributed by atoms with Crippen molar-refractivity contribution < 1.29 is 14.3 Å². The molecule has 2 rings (SSSR count). The Labute approximate surface area is 90.5 Å². The number of halogens is 1. The number of rotatable bonds is 3. The second-order valence-electron chi connectivity index (χ2n) is 3.90. The summed E-state index contributed by atoms with van der Waals surface area (Å²) in [5, 5.41) is 8.51. The fourth-order valence-corrected chi connectivity index (χ4v) is 1.70. The van der Waals surface area contributed by atoms with Crippen molar-refractivity contribution in [1.29, 1.82) is 0 Å². The number of carboxylic acids is 1. The van der Waals surface area contributed by atoms with Crippen LogP contribution in [-0.2, 0) is 11.3 Å². The van der Waals surface area contributed by atoms with E-state index in [1.54, 1.807) is 0 Å². The summed E-state index contributed by atoms with van der Waals surface area (Å²) in [6, 6.07) is 0. The van der Waals surface area contributed by atoms with Gasteiger partial charge in [0.25, 0.3) is 5.56 Å². The number of nitrogens with zero attached hydrogens (tertiary/aromatic N) is 2. The summed E-state index contributed by atoms with van der Waals surface area (Å²) in [5.41, 5.74) is -0.725. The third-order valence-corrected chi connectivity index (χ3v) is 2.81. The first-order chi connectivity index (χ1) is 7.59. The summed E-state index contributed by atoms with van der Waals surface area (Å²) < 4.78 is 14.4. The van der Waals surface area contributed by atoms with Crippen LogP contribution >= 0.6 is 0 Å². The first kappa shape index (κ1) is 10.8. The molecule has 0 aromatic carbocycles. The molecule has 1 heterocycles. The molecular formula is C10H11FN2O3. The standard InChI is InChI=1S/C10H11FN2O3/c11-8-9(6-2-1-3-6)12-5-13(10(8)16)4-7(14)15/h5-6H,1-4H2,(H,14,15). The molecule has 6 heteroatoms. The highest BCUT2D eigenvalue weighted by Crippen LogP contribution is 2.35. The lowest BCUT2D eigenvalue weighted by atomic mass is 9.82. The molecule has 0 atom stereocenters. The zero-order chi connectivity index (χ0) is 11.7. The lowest BCUT2D eigenvalue weighted by Gasteiger charge is -2.24. The lowest BCUT2D eigenvalue weighted by molar-refractivity contribution is -0.137. The lowest BCUT2D eigenvalue weighted by Crippen LogP contribution is -2.30. The van der Waals surface area contributed by atoms with Gasteiger partial charge in [-0.25, -0.2) is 4.98 Å². The molecule has 0 saturated heterocycles. The van der Waals surface area contributed by atoms with Crippen molar-refractivity contribution in [2.24, 2.45) is 0 Å². The summed E-state index contributed by atoms with van der Waals surface area (Å²) in [6.07, 6.45) is 3.80. The number of aromatic nitrogens is 2. The summed E-state index contributed by atoms with van der Waals surface area (Å²) >= 11 is 0. The van der Waals surface area contributed by atoms with Crippen molar-refractivity contribution >= 4 is 5.97 Å². The van der Waals surface area contributed by atoms with E-state index in [0.717, 1.165) is 30.2 Å². The molecule has 5 nitrogen and oxygen atoms in total. The monoisotopic (exact) mass is 226 g/mol. The van der Waals surface area contributed by atoms with Crippen LogP contribution in [0.1, 0.15) is 30.9 Å². The second kappa shape index (κ2) is 4.03. The maximum atomic E-state index is 13.6. The van der Waals surface area contributed by atoms with Crippen molar-refractivity contribution in [3.05, 3.63) is 28.2 Å². The van der Waals surface area contributed by atoms with Crippen molar-refractivity contribution in [3.63, 3.8) is 0 Å². The van der Waals surface area contributed by atoms with Gasteiger partial charge in [0.15, 0.2) is 0 Å². The molecule has 86 valence electrons. The third-order valence-electron chi connectivity index (χ3n) is 2.81. The maximum Gasteiger partial charge on any atom is 0.323 e. The van der Waals surface area contributed by atoms with Crippen molar-refractivity contribution in [2.75, 3.05) is 0 Å². The van der Waals surface area contributed by atoms with E-state index in [0.29, 0.717) is 0 Å². The average molecular weight is 226 g/mol. The van der Waals surface area contributed by atoms with Crippen LogP contribution in [0.25, 0.3) is 0 Å². The SMILES string of the molecule is O=C(O)Cn1cnc(C2CCC2)c(F)c1=O. The quantitative estimate of drug-likeness (QED) is 0.824. The van der Waals surface area contributed by atoms with E-state index in [-0.39, 0.29) is 11.6 Å². The van der Waals surface area contributed by atoms with Crippen LogP contribution in [0.15, 0.2) is 11.1 Å². The van der Waals surface area contributed by atoms with Gasteiger partial charge in [0.2, 0.25) is 5.82 Å². The van der Waals surface area contributed by atoms with Crippen LogP contribution in [0.3, 0.4) is 0 Å². The topological polar surface area (TPSA) is 72.2 Å². The Morgan fingerprint density at radius 3 is 2.81 bits per heavy atom. The van der Waals surface area contributed by atoms with E-state index in [1.165, 1.54) is 0 Å². The van der Waals surface area contributed by atoms with Crippen LogP contribution in [0.5, 0.6) is 0 Å². The Balaban J connectivity index is 2.35. The van der Waals surface area contributed by atoms with E-state index in [2.05, 4.69) is 4.98 Å². The first-order valence-corrected chi connectivity index (χ1v) is 5.06. The fraction of sp³-hybridized carbons (Fsp3) is 0.500. The Morgan fingerprint density at radius 2 is 2.31 bits per heavy atom. The number of hydrogen-bond acceptors (Lipinski definition) is 3. The zero-order valence-electron chi connectivity index (χ0n) is 8.52.